The summed E-state index contributed by atoms with van der Waals surface area (Å²) in [5.74, 6) is 0.506. The number of piperidine rings is 1. The molecule has 1 aromatic heterocycles. The van der Waals surface area contributed by atoms with Gasteiger partial charge in [-0.05, 0) is 43.3 Å². The SMILES string of the molecule is COCC1(C(=O)NC(c2cccs2)C(C)C)CCNCC1. The van der Waals surface area contributed by atoms with Gasteiger partial charge in [-0.25, -0.2) is 0 Å². The van der Waals surface area contributed by atoms with Gasteiger partial charge in [0.1, 0.15) is 0 Å². The van der Waals surface area contributed by atoms with E-state index in [-0.39, 0.29) is 17.4 Å². The number of ether oxygens (including phenoxy) is 1. The molecule has 0 spiro atoms. The van der Waals surface area contributed by atoms with Crippen molar-refractivity contribution >= 4 is 17.2 Å². The molecule has 1 unspecified atom stereocenters. The van der Waals surface area contributed by atoms with Gasteiger partial charge in [-0.15, -0.1) is 11.3 Å². The predicted octanol–water partition coefficient (Wildman–Crippen LogP) is 2.58. The summed E-state index contributed by atoms with van der Waals surface area (Å²) in [7, 11) is 1.68. The Kier molecular flexibility index (Phi) is 5.79. The molecular weight excluding hydrogens is 284 g/mol. The Hall–Kier alpha value is -0.910. The average Bonchev–Trinajstić information content (AvgIpc) is 2.99. The van der Waals surface area contributed by atoms with Crippen molar-refractivity contribution in [2.45, 2.75) is 32.7 Å². The Morgan fingerprint density at radius 2 is 2.19 bits per heavy atom. The molecule has 1 aromatic rings. The lowest BCUT2D eigenvalue weighted by atomic mass is 9.78. The smallest absolute Gasteiger partial charge is 0.229 e. The van der Waals surface area contributed by atoms with E-state index in [4.69, 9.17) is 4.74 Å². The number of carbonyl (C=O) groups excluding carboxylic acids is 1. The van der Waals surface area contributed by atoms with Crippen LogP contribution < -0.4 is 10.6 Å². The summed E-state index contributed by atoms with van der Waals surface area (Å²) in [4.78, 5) is 14.1. The molecule has 2 heterocycles. The Morgan fingerprint density at radius 1 is 1.48 bits per heavy atom. The quantitative estimate of drug-likeness (QED) is 0.849. The average molecular weight is 310 g/mol. The molecule has 0 aromatic carbocycles. The minimum Gasteiger partial charge on any atom is -0.384 e. The van der Waals surface area contributed by atoms with Crippen molar-refractivity contribution in [1.82, 2.24) is 10.6 Å². The van der Waals surface area contributed by atoms with Gasteiger partial charge in [0.25, 0.3) is 0 Å². The standard InChI is InChI=1S/C16H26N2O2S/c1-12(2)14(13-5-4-10-21-13)18-15(19)16(11-20-3)6-8-17-9-7-16/h4-5,10,12,14,17H,6-9,11H2,1-3H3,(H,18,19). The van der Waals surface area contributed by atoms with E-state index >= 15 is 0 Å². The van der Waals surface area contributed by atoms with E-state index in [1.807, 2.05) is 6.07 Å². The molecule has 0 bridgehead atoms. The summed E-state index contributed by atoms with van der Waals surface area (Å²) in [6.07, 6.45) is 1.67. The third kappa shape index (κ3) is 3.84. The molecule has 1 amide bonds. The second-order valence-electron chi connectivity index (χ2n) is 6.17. The molecule has 1 fully saturated rings. The Balaban J connectivity index is 2.13. The van der Waals surface area contributed by atoms with E-state index in [0.717, 1.165) is 25.9 Å². The van der Waals surface area contributed by atoms with Crippen LogP contribution in [0.25, 0.3) is 0 Å². The first-order valence-corrected chi connectivity index (χ1v) is 8.51. The molecule has 1 aliphatic rings. The lowest BCUT2D eigenvalue weighted by molar-refractivity contribution is -0.137. The van der Waals surface area contributed by atoms with Gasteiger partial charge < -0.3 is 15.4 Å². The molecule has 5 heteroatoms. The van der Waals surface area contributed by atoms with Gasteiger partial charge in [0.05, 0.1) is 18.1 Å². The highest BCUT2D eigenvalue weighted by Gasteiger charge is 2.40. The number of hydrogen-bond acceptors (Lipinski definition) is 4. The normalized spacial score (nSPS) is 19.4. The Morgan fingerprint density at radius 3 is 2.71 bits per heavy atom. The summed E-state index contributed by atoms with van der Waals surface area (Å²) in [5.41, 5.74) is -0.385. The van der Waals surface area contributed by atoms with Crippen LogP contribution in [0.3, 0.4) is 0 Å². The largest absolute Gasteiger partial charge is 0.384 e. The van der Waals surface area contributed by atoms with Crippen molar-refractivity contribution in [3.8, 4) is 0 Å². The van der Waals surface area contributed by atoms with Crippen LogP contribution in [-0.4, -0.2) is 32.7 Å². The van der Waals surface area contributed by atoms with Crippen molar-refractivity contribution in [2.24, 2.45) is 11.3 Å². The minimum absolute atomic E-state index is 0.0844. The van der Waals surface area contributed by atoms with Crippen LogP contribution in [0, 0.1) is 11.3 Å². The second-order valence-corrected chi connectivity index (χ2v) is 7.15. The molecule has 21 heavy (non-hydrogen) atoms. The Bertz CT molecular complexity index is 434. The zero-order valence-corrected chi connectivity index (χ0v) is 14.0. The van der Waals surface area contributed by atoms with E-state index in [0.29, 0.717) is 12.5 Å². The minimum atomic E-state index is -0.385. The van der Waals surface area contributed by atoms with Gasteiger partial charge in [0.2, 0.25) is 5.91 Å². The number of methoxy groups -OCH3 is 1. The molecule has 118 valence electrons. The van der Waals surface area contributed by atoms with Crippen molar-refractivity contribution in [2.75, 3.05) is 26.8 Å². The number of nitrogens with one attached hydrogen (secondary N) is 2. The monoisotopic (exact) mass is 310 g/mol. The van der Waals surface area contributed by atoms with E-state index in [1.165, 1.54) is 4.88 Å². The first-order valence-electron chi connectivity index (χ1n) is 7.63. The lowest BCUT2D eigenvalue weighted by Crippen LogP contribution is -2.51. The number of rotatable bonds is 6. The molecule has 0 radical (unpaired) electrons. The van der Waals surface area contributed by atoms with E-state index in [1.54, 1.807) is 18.4 Å². The van der Waals surface area contributed by atoms with Crippen molar-refractivity contribution < 1.29 is 9.53 Å². The van der Waals surface area contributed by atoms with Crippen LogP contribution in [0.4, 0.5) is 0 Å². The van der Waals surface area contributed by atoms with Crippen LogP contribution in [0.2, 0.25) is 0 Å². The van der Waals surface area contributed by atoms with Crippen LogP contribution in [0.5, 0.6) is 0 Å². The number of carbonyl (C=O) groups is 1. The molecule has 0 aliphatic carbocycles. The maximum Gasteiger partial charge on any atom is 0.229 e. The zero-order chi connectivity index (χ0) is 15.3. The molecule has 1 saturated heterocycles. The van der Waals surface area contributed by atoms with Gasteiger partial charge in [0.15, 0.2) is 0 Å². The highest BCUT2D eigenvalue weighted by molar-refractivity contribution is 7.10. The van der Waals surface area contributed by atoms with Crippen molar-refractivity contribution in [1.29, 1.82) is 0 Å². The van der Waals surface area contributed by atoms with Crippen LogP contribution >= 0.6 is 11.3 Å². The van der Waals surface area contributed by atoms with Crippen molar-refractivity contribution in [3.63, 3.8) is 0 Å². The molecule has 0 saturated carbocycles. The molecule has 1 atom stereocenters. The fourth-order valence-corrected chi connectivity index (χ4v) is 3.90. The highest BCUT2D eigenvalue weighted by atomic mass is 32.1. The number of thiophene rings is 1. The molecule has 4 nitrogen and oxygen atoms in total. The highest BCUT2D eigenvalue weighted by Crippen LogP contribution is 2.32. The summed E-state index contributed by atoms with van der Waals surface area (Å²) >= 11 is 1.70. The summed E-state index contributed by atoms with van der Waals surface area (Å²) < 4.78 is 5.35. The molecule has 2 N–H and O–H groups in total. The fourth-order valence-electron chi connectivity index (χ4n) is 2.95. The molecule has 1 aliphatic heterocycles. The summed E-state index contributed by atoms with van der Waals surface area (Å²) in [6, 6.07) is 4.22. The maximum absolute atomic E-state index is 12.9. The first-order chi connectivity index (χ1) is 10.1. The topological polar surface area (TPSA) is 50.4 Å². The Labute approximate surface area is 131 Å². The predicted molar refractivity (Wildman–Crippen MR) is 86.5 cm³/mol. The van der Waals surface area contributed by atoms with Gasteiger partial charge in [-0.2, -0.15) is 0 Å². The summed E-state index contributed by atoms with van der Waals surface area (Å²) in [5, 5.41) is 8.66. The van der Waals surface area contributed by atoms with E-state index in [2.05, 4.69) is 35.9 Å². The molecular formula is C16H26N2O2S. The number of hydrogen-bond donors (Lipinski definition) is 2. The third-order valence-corrected chi connectivity index (χ3v) is 5.22. The third-order valence-electron chi connectivity index (χ3n) is 4.27. The lowest BCUT2D eigenvalue weighted by Gasteiger charge is -2.37. The summed E-state index contributed by atoms with van der Waals surface area (Å²) in [6.45, 7) is 6.55. The maximum atomic E-state index is 12.9. The van der Waals surface area contributed by atoms with Crippen LogP contribution in [0.15, 0.2) is 17.5 Å². The van der Waals surface area contributed by atoms with Gasteiger partial charge in [0, 0.05) is 12.0 Å². The van der Waals surface area contributed by atoms with Crippen LogP contribution in [0.1, 0.15) is 37.6 Å². The van der Waals surface area contributed by atoms with E-state index in [9.17, 15) is 4.79 Å². The second kappa shape index (κ2) is 7.38. The molecule has 2 rings (SSSR count). The fraction of sp³-hybridized carbons (Fsp3) is 0.688. The van der Waals surface area contributed by atoms with Crippen LogP contribution in [-0.2, 0) is 9.53 Å². The number of amides is 1. The zero-order valence-electron chi connectivity index (χ0n) is 13.1. The van der Waals surface area contributed by atoms with Crippen molar-refractivity contribution in [3.05, 3.63) is 22.4 Å². The first kappa shape index (κ1) is 16.5. The van der Waals surface area contributed by atoms with Gasteiger partial charge in [-0.3, -0.25) is 4.79 Å². The van der Waals surface area contributed by atoms with E-state index < -0.39 is 0 Å². The van der Waals surface area contributed by atoms with Gasteiger partial charge >= 0.3 is 0 Å². The van der Waals surface area contributed by atoms with Gasteiger partial charge in [-0.1, -0.05) is 19.9 Å².